The summed E-state index contributed by atoms with van der Waals surface area (Å²) in [5.74, 6) is 1.27. The summed E-state index contributed by atoms with van der Waals surface area (Å²) >= 11 is 1.49. The smallest absolute Gasteiger partial charge is 0.191 e. The van der Waals surface area contributed by atoms with Crippen molar-refractivity contribution >= 4 is 16.9 Å². The molecule has 0 spiro atoms. The van der Waals surface area contributed by atoms with Crippen LogP contribution in [-0.4, -0.2) is 10.9 Å². The van der Waals surface area contributed by atoms with E-state index < -0.39 is 0 Å². The fraction of sp³-hybridized carbons (Fsp3) is 0.875. The van der Waals surface area contributed by atoms with Crippen molar-refractivity contribution in [2.24, 2.45) is 11.3 Å². The lowest BCUT2D eigenvalue weighted by atomic mass is 9.85. The maximum atomic E-state index is 11.0. The summed E-state index contributed by atoms with van der Waals surface area (Å²) in [6.07, 6.45) is 1.05. The van der Waals surface area contributed by atoms with Crippen LogP contribution < -0.4 is 0 Å². The van der Waals surface area contributed by atoms with E-state index in [1.54, 1.807) is 0 Å². The number of thioether (sulfide) groups is 1. The van der Waals surface area contributed by atoms with Gasteiger partial charge in [0.15, 0.2) is 5.12 Å². The third kappa shape index (κ3) is 1.75. The van der Waals surface area contributed by atoms with Crippen LogP contribution in [0.2, 0.25) is 0 Å². The molecule has 0 amide bonds. The molecule has 1 unspecified atom stereocenters. The molecule has 1 atom stereocenters. The van der Waals surface area contributed by atoms with E-state index in [1.165, 1.54) is 11.8 Å². The normalized spacial score (nSPS) is 32.3. The zero-order valence-corrected chi connectivity index (χ0v) is 7.62. The summed E-state index contributed by atoms with van der Waals surface area (Å²) < 4.78 is 0. The van der Waals surface area contributed by atoms with Crippen molar-refractivity contribution < 1.29 is 4.79 Å². The van der Waals surface area contributed by atoms with Crippen molar-refractivity contribution in [3.05, 3.63) is 0 Å². The summed E-state index contributed by atoms with van der Waals surface area (Å²) in [7, 11) is 0. The Hall–Kier alpha value is 0.0200. The minimum Gasteiger partial charge on any atom is -0.287 e. The average Bonchev–Trinajstić information content (AvgIpc) is 1.79. The Balaban J connectivity index is 2.57. The van der Waals surface area contributed by atoms with Gasteiger partial charge >= 0.3 is 0 Å². The second-order valence-corrected chi connectivity index (χ2v) is 4.86. The summed E-state index contributed by atoms with van der Waals surface area (Å²) in [4.78, 5) is 11.0. The average molecular weight is 158 g/mol. The molecule has 10 heavy (non-hydrogen) atoms. The zero-order chi connectivity index (χ0) is 7.78. The quantitative estimate of drug-likeness (QED) is 0.538. The van der Waals surface area contributed by atoms with E-state index in [9.17, 15) is 4.79 Å². The number of hydrogen-bond donors (Lipinski definition) is 0. The Morgan fingerprint density at radius 3 is 2.60 bits per heavy atom. The Morgan fingerprint density at radius 1 is 1.60 bits per heavy atom. The monoisotopic (exact) mass is 158 g/mol. The first-order valence-electron chi connectivity index (χ1n) is 3.68. The Labute approximate surface area is 66.6 Å². The molecule has 0 bridgehead atoms. The predicted octanol–water partition coefficient (Wildman–Crippen LogP) is 2.31. The summed E-state index contributed by atoms with van der Waals surface area (Å²) in [5.41, 5.74) is 0.373. The Bertz CT molecular complexity index is 151. The SMILES string of the molecule is CC1CC(C)(C)CSC1=O. The van der Waals surface area contributed by atoms with Gasteiger partial charge in [0.2, 0.25) is 0 Å². The Kier molecular flexibility index (Phi) is 2.09. The minimum absolute atomic E-state index is 0.272. The molecule has 0 aliphatic carbocycles. The van der Waals surface area contributed by atoms with E-state index in [2.05, 4.69) is 13.8 Å². The first kappa shape index (κ1) is 8.12. The van der Waals surface area contributed by atoms with Crippen LogP contribution in [-0.2, 0) is 4.79 Å². The van der Waals surface area contributed by atoms with Crippen molar-refractivity contribution in [1.29, 1.82) is 0 Å². The van der Waals surface area contributed by atoms with E-state index >= 15 is 0 Å². The molecule has 1 aliphatic heterocycles. The van der Waals surface area contributed by atoms with Gasteiger partial charge in [-0.05, 0) is 11.8 Å². The third-order valence-corrected chi connectivity index (χ3v) is 3.48. The van der Waals surface area contributed by atoms with Crippen molar-refractivity contribution in [1.82, 2.24) is 0 Å². The standard InChI is InChI=1S/C8H14OS/c1-6-4-8(2,3)5-10-7(6)9/h6H,4-5H2,1-3H3. The number of carbonyl (C=O) groups excluding carboxylic acids is 1. The maximum absolute atomic E-state index is 11.0. The second kappa shape index (κ2) is 2.57. The van der Waals surface area contributed by atoms with E-state index in [4.69, 9.17) is 0 Å². The minimum atomic E-state index is 0.272. The first-order valence-corrected chi connectivity index (χ1v) is 4.66. The topological polar surface area (TPSA) is 17.1 Å². The molecule has 0 aromatic carbocycles. The van der Waals surface area contributed by atoms with Gasteiger partial charge in [-0.25, -0.2) is 0 Å². The Morgan fingerprint density at radius 2 is 2.20 bits per heavy atom. The van der Waals surface area contributed by atoms with Gasteiger partial charge in [0.25, 0.3) is 0 Å². The highest BCUT2D eigenvalue weighted by atomic mass is 32.2. The van der Waals surface area contributed by atoms with E-state index in [-0.39, 0.29) is 5.92 Å². The maximum Gasteiger partial charge on any atom is 0.191 e. The van der Waals surface area contributed by atoms with Gasteiger partial charge < -0.3 is 0 Å². The lowest BCUT2D eigenvalue weighted by Gasteiger charge is -2.31. The van der Waals surface area contributed by atoms with Gasteiger partial charge in [0, 0.05) is 11.7 Å². The molecule has 0 aromatic heterocycles. The highest BCUT2D eigenvalue weighted by molar-refractivity contribution is 8.13. The van der Waals surface area contributed by atoms with Gasteiger partial charge in [-0.1, -0.05) is 32.5 Å². The molecule has 1 heterocycles. The van der Waals surface area contributed by atoms with Crippen LogP contribution >= 0.6 is 11.8 Å². The van der Waals surface area contributed by atoms with Gasteiger partial charge in [-0.15, -0.1) is 0 Å². The zero-order valence-electron chi connectivity index (χ0n) is 6.81. The second-order valence-electron chi connectivity index (χ2n) is 3.88. The lowest BCUT2D eigenvalue weighted by Crippen LogP contribution is -2.28. The third-order valence-electron chi connectivity index (χ3n) is 1.87. The van der Waals surface area contributed by atoms with Crippen LogP contribution in [0.4, 0.5) is 0 Å². The molecule has 0 aromatic rings. The summed E-state index contributed by atoms with van der Waals surface area (Å²) in [6.45, 7) is 6.47. The van der Waals surface area contributed by atoms with Gasteiger partial charge in [-0.3, -0.25) is 4.79 Å². The van der Waals surface area contributed by atoms with Crippen molar-refractivity contribution in [3.63, 3.8) is 0 Å². The molecule has 1 nitrogen and oxygen atoms in total. The molecular weight excluding hydrogens is 144 g/mol. The van der Waals surface area contributed by atoms with Crippen LogP contribution in [0.1, 0.15) is 27.2 Å². The van der Waals surface area contributed by atoms with Crippen LogP contribution in [0.5, 0.6) is 0 Å². The number of rotatable bonds is 0. The summed E-state index contributed by atoms with van der Waals surface area (Å²) in [6, 6.07) is 0. The van der Waals surface area contributed by atoms with E-state index in [0.717, 1.165) is 12.2 Å². The van der Waals surface area contributed by atoms with Crippen molar-refractivity contribution in [2.45, 2.75) is 27.2 Å². The van der Waals surface area contributed by atoms with E-state index in [0.29, 0.717) is 10.5 Å². The van der Waals surface area contributed by atoms with Crippen molar-refractivity contribution in [2.75, 3.05) is 5.75 Å². The summed E-state index contributed by atoms with van der Waals surface area (Å²) in [5, 5.41) is 0.374. The first-order chi connectivity index (χ1) is 4.51. The number of hydrogen-bond acceptors (Lipinski definition) is 2. The molecule has 0 radical (unpaired) electrons. The number of carbonyl (C=O) groups is 1. The van der Waals surface area contributed by atoms with Crippen LogP contribution in [0.15, 0.2) is 0 Å². The molecule has 0 saturated carbocycles. The fourth-order valence-electron chi connectivity index (χ4n) is 1.38. The van der Waals surface area contributed by atoms with Crippen LogP contribution in [0.25, 0.3) is 0 Å². The van der Waals surface area contributed by atoms with Gasteiger partial charge in [0.05, 0.1) is 0 Å². The molecular formula is C8H14OS. The molecule has 58 valence electrons. The largest absolute Gasteiger partial charge is 0.287 e. The van der Waals surface area contributed by atoms with E-state index in [1.807, 2.05) is 6.92 Å². The highest BCUT2D eigenvalue weighted by Gasteiger charge is 2.31. The molecule has 1 fully saturated rings. The van der Waals surface area contributed by atoms with Crippen molar-refractivity contribution in [3.8, 4) is 0 Å². The predicted molar refractivity (Wildman–Crippen MR) is 45.0 cm³/mol. The van der Waals surface area contributed by atoms with Gasteiger partial charge in [-0.2, -0.15) is 0 Å². The lowest BCUT2D eigenvalue weighted by molar-refractivity contribution is -0.115. The van der Waals surface area contributed by atoms with Gasteiger partial charge in [0.1, 0.15) is 0 Å². The molecule has 1 aliphatic rings. The molecule has 2 heteroatoms. The molecule has 1 saturated heterocycles. The highest BCUT2D eigenvalue weighted by Crippen LogP contribution is 2.37. The van der Waals surface area contributed by atoms with Crippen LogP contribution in [0, 0.1) is 11.3 Å². The molecule has 0 N–H and O–H groups in total. The fourth-order valence-corrected chi connectivity index (χ4v) is 2.40. The van der Waals surface area contributed by atoms with Crippen LogP contribution in [0.3, 0.4) is 0 Å². The molecule has 1 rings (SSSR count).